The van der Waals surface area contributed by atoms with Crippen LogP contribution in [0.1, 0.15) is 29.1 Å². The van der Waals surface area contributed by atoms with Gasteiger partial charge in [-0.15, -0.1) is 0 Å². The minimum absolute atomic E-state index is 0.0472. The van der Waals surface area contributed by atoms with Gasteiger partial charge in [0.05, 0.1) is 12.6 Å². The fourth-order valence-corrected chi connectivity index (χ4v) is 2.86. The molecular weight excluding hydrogens is 328 g/mol. The third kappa shape index (κ3) is 4.06. The first kappa shape index (κ1) is 18.0. The zero-order valence-electron chi connectivity index (χ0n) is 15.4. The lowest BCUT2D eigenvalue weighted by Crippen LogP contribution is -2.34. The number of rotatable bonds is 7. The molecule has 136 valence electrons. The van der Waals surface area contributed by atoms with Gasteiger partial charge in [0.1, 0.15) is 17.1 Å². The quantitative estimate of drug-likeness (QED) is 0.701. The molecule has 1 N–H and O–H groups in total. The molecule has 1 aromatic heterocycles. The Morgan fingerprint density at radius 1 is 1.15 bits per heavy atom. The van der Waals surface area contributed by atoms with Crippen LogP contribution in [0.25, 0.3) is 11.0 Å². The van der Waals surface area contributed by atoms with Crippen molar-refractivity contribution in [3.8, 4) is 5.75 Å². The van der Waals surface area contributed by atoms with E-state index in [0.717, 1.165) is 22.5 Å². The van der Waals surface area contributed by atoms with Crippen LogP contribution in [0.2, 0.25) is 0 Å². The van der Waals surface area contributed by atoms with Crippen LogP contribution in [0.5, 0.6) is 5.75 Å². The van der Waals surface area contributed by atoms with Crippen LogP contribution in [0.3, 0.4) is 0 Å². The number of nitrogens with zero attached hydrogens (tertiary/aromatic N) is 1. The van der Waals surface area contributed by atoms with Crippen molar-refractivity contribution >= 4 is 16.9 Å². The van der Waals surface area contributed by atoms with E-state index in [1.807, 2.05) is 56.3 Å². The molecule has 1 heterocycles. The van der Waals surface area contributed by atoms with Gasteiger partial charge in [0.25, 0.3) is 5.91 Å². The molecule has 2 aromatic carbocycles. The fraction of sp³-hybridized carbons (Fsp3) is 0.286. The first-order valence-electron chi connectivity index (χ1n) is 8.74. The smallest absolute Gasteiger partial charge is 0.251 e. The Balaban J connectivity index is 1.69. The van der Waals surface area contributed by atoms with Crippen LogP contribution in [-0.2, 0) is 0 Å². The molecule has 0 unspecified atom stereocenters. The molecule has 5 heteroatoms. The summed E-state index contributed by atoms with van der Waals surface area (Å²) in [6.45, 7) is 2.99. The summed E-state index contributed by atoms with van der Waals surface area (Å²) in [7, 11) is 3.95. The largest absolute Gasteiger partial charge is 0.494 e. The number of carbonyl (C=O) groups is 1. The van der Waals surface area contributed by atoms with Crippen LogP contribution in [0, 0.1) is 0 Å². The summed E-state index contributed by atoms with van der Waals surface area (Å²) in [6.07, 6.45) is 0. The Labute approximate surface area is 153 Å². The van der Waals surface area contributed by atoms with Gasteiger partial charge in [0, 0.05) is 17.5 Å². The van der Waals surface area contributed by atoms with E-state index in [1.165, 1.54) is 0 Å². The average molecular weight is 352 g/mol. The summed E-state index contributed by atoms with van der Waals surface area (Å²) >= 11 is 0. The van der Waals surface area contributed by atoms with E-state index in [0.29, 0.717) is 18.7 Å². The second kappa shape index (κ2) is 8.06. The van der Waals surface area contributed by atoms with Crippen LogP contribution in [0.4, 0.5) is 0 Å². The average Bonchev–Trinajstić information content (AvgIpc) is 3.06. The summed E-state index contributed by atoms with van der Waals surface area (Å²) in [5.74, 6) is 1.48. The minimum atomic E-state index is -0.115. The minimum Gasteiger partial charge on any atom is -0.494 e. The number of amides is 1. The standard InChI is InChI=1S/C21H24N2O3/c1-4-25-17-11-9-15(10-12-17)21(24)22-14-18(23(2)3)20-13-16-7-5-6-8-19(16)26-20/h5-13,18H,4,14H2,1-3H3,(H,22,24)/t18-/m0/s1. The van der Waals surface area contributed by atoms with E-state index >= 15 is 0 Å². The molecule has 0 bridgehead atoms. The van der Waals surface area contributed by atoms with Gasteiger partial charge in [0.15, 0.2) is 0 Å². The maximum absolute atomic E-state index is 12.4. The normalized spacial score (nSPS) is 12.3. The van der Waals surface area contributed by atoms with E-state index < -0.39 is 0 Å². The highest BCUT2D eigenvalue weighted by Crippen LogP contribution is 2.26. The molecule has 0 saturated heterocycles. The number of hydrogen-bond acceptors (Lipinski definition) is 4. The molecule has 1 atom stereocenters. The van der Waals surface area contributed by atoms with Crippen molar-refractivity contribution < 1.29 is 13.9 Å². The third-order valence-electron chi connectivity index (χ3n) is 4.28. The predicted octanol–water partition coefficient (Wildman–Crippen LogP) is 3.86. The highest BCUT2D eigenvalue weighted by molar-refractivity contribution is 5.94. The number of carbonyl (C=O) groups excluding carboxylic acids is 1. The van der Waals surface area contributed by atoms with Gasteiger partial charge in [-0.25, -0.2) is 0 Å². The molecule has 3 rings (SSSR count). The lowest BCUT2D eigenvalue weighted by molar-refractivity contribution is 0.0939. The molecular formula is C21H24N2O3. The molecule has 26 heavy (non-hydrogen) atoms. The van der Waals surface area contributed by atoms with Crippen molar-refractivity contribution in [1.29, 1.82) is 0 Å². The molecule has 5 nitrogen and oxygen atoms in total. The van der Waals surface area contributed by atoms with Crippen molar-refractivity contribution in [2.45, 2.75) is 13.0 Å². The monoisotopic (exact) mass is 352 g/mol. The van der Waals surface area contributed by atoms with Gasteiger partial charge >= 0.3 is 0 Å². The summed E-state index contributed by atoms with van der Waals surface area (Å²) in [5.41, 5.74) is 1.46. The SMILES string of the molecule is CCOc1ccc(C(=O)NC[C@@H](c2cc3ccccc3o2)N(C)C)cc1. The van der Waals surface area contributed by atoms with Gasteiger partial charge in [0.2, 0.25) is 0 Å². The summed E-state index contributed by atoms with van der Waals surface area (Å²) in [5, 5.41) is 4.06. The lowest BCUT2D eigenvalue weighted by atomic mass is 10.1. The van der Waals surface area contributed by atoms with E-state index in [4.69, 9.17) is 9.15 Å². The number of hydrogen-bond donors (Lipinski definition) is 1. The topological polar surface area (TPSA) is 54.7 Å². The number of likely N-dealkylation sites (N-methyl/N-ethyl adjacent to an activating group) is 1. The lowest BCUT2D eigenvalue weighted by Gasteiger charge is -2.22. The van der Waals surface area contributed by atoms with Gasteiger partial charge in [-0.05, 0) is 57.4 Å². The molecule has 1 amide bonds. The van der Waals surface area contributed by atoms with Gasteiger partial charge in [-0.2, -0.15) is 0 Å². The van der Waals surface area contributed by atoms with Crippen molar-refractivity contribution in [1.82, 2.24) is 10.2 Å². The molecule has 0 fully saturated rings. The number of fused-ring (bicyclic) bond motifs is 1. The zero-order chi connectivity index (χ0) is 18.5. The highest BCUT2D eigenvalue weighted by atomic mass is 16.5. The molecule has 0 spiro atoms. The molecule has 0 aliphatic rings. The Hall–Kier alpha value is -2.79. The Bertz CT molecular complexity index is 835. The first-order valence-corrected chi connectivity index (χ1v) is 8.74. The van der Waals surface area contributed by atoms with E-state index in [-0.39, 0.29) is 11.9 Å². The molecule has 0 saturated carbocycles. The van der Waals surface area contributed by atoms with E-state index in [9.17, 15) is 4.79 Å². The Morgan fingerprint density at radius 3 is 2.54 bits per heavy atom. The van der Waals surface area contributed by atoms with Crippen LogP contribution in [0.15, 0.2) is 59.0 Å². The maximum Gasteiger partial charge on any atom is 0.251 e. The van der Waals surface area contributed by atoms with E-state index in [1.54, 1.807) is 24.3 Å². The fourth-order valence-electron chi connectivity index (χ4n) is 2.86. The Kier molecular flexibility index (Phi) is 5.58. The number of benzene rings is 2. The second-order valence-corrected chi connectivity index (χ2v) is 6.33. The van der Waals surface area contributed by atoms with Gasteiger partial charge in [-0.1, -0.05) is 18.2 Å². The maximum atomic E-state index is 12.4. The summed E-state index contributed by atoms with van der Waals surface area (Å²) in [4.78, 5) is 14.5. The number of nitrogens with one attached hydrogen (secondary N) is 1. The number of furan rings is 1. The molecule has 3 aromatic rings. The number of para-hydroxylation sites is 1. The summed E-state index contributed by atoms with van der Waals surface area (Å²) < 4.78 is 11.4. The van der Waals surface area contributed by atoms with Crippen LogP contribution >= 0.6 is 0 Å². The van der Waals surface area contributed by atoms with E-state index in [2.05, 4.69) is 5.32 Å². The van der Waals surface area contributed by atoms with Crippen LogP contribution in [-0.4, -0.2) is 38.1 Å². The van der Waals surface area contributed by atoms with Crippen molar-refractivity contribution in [2.24, 2.45) is 0 Å². The van der Waals surface area contributed by atoms with Crippen molar-refractivity contribution in [2.75, 3.05) is 27.2 Å². The van der Waals surface area contributed by atoms with Crippen molar-refractivity contribution in [3.63, 3.8) is 0 Å². The molecule has 0 aliphatic heterocycles. The highest BCUT2D eigenvalue weighted by Gasteiger charge is 2.20. The molecule has 0 radical (unpaired) electrons. The zero-order valence-corrected chi connectivity index (χ0v) is 15.4. The summed E-state index contributed by atoms with van der Waals surface area (Å²) in [6, 6.07) is 17.0. The number of ether oxygens (including phenoxy) is 1. The van der Waals surface area contributed by atoms with Gasteiger partial charge in [-0.3, -0.25) is 9.69 Å². The third-order valence-corrected chi connectivity index (χ3v) is 4.28. The predicted molar refractivity (Wildman–Crippen MR) is 103 cm³/mol. The molecule has 0 aliphatic carbocycles. The van der Waals surface area contributed by atoms with Crippen LogP contribution < -0.4 is 10.1 Å². The van der Waals surface area contributed by atoms with Gasteiger partial charge < -0.3 is 14.5 Å². The van der Waals surface area contributed by atoms with Crippen molar-refractivity contribution in [3.05, 3.63) is 65.9 Å². The second-order valence-electron chi connectivity index (χ2n) is 6.33. The Morgan fingerprint density at radius 2 is 1.88 bits per heavy atom. The first-order chi connectivity index (χ1) is 12.6.